The van der Waals surface area contributed by atoms with Gasteiger partial charge in [0.15, 0.2) is 6.04 Å². The quantitative estimate of drug-likeness (QED) is 0.791. The number of anilines is 1. The van der Waals surface area contributed by atoms with Crippen LogP contribution in [0, 0.1) is 5.92 Å². The van der Waals surface area contributed by atoms with Gasteiger partial charge in [0.25, 0.3) is 0 Å². The van der Waals surface area contributed by atoms with Crippen molar-refractivity contribution in [2.24, 2.45) is 5.92 Å². The molecule has 0 aliphatic carbocycles. The third-order valence-electron chi connectivity index (χ3n) is 6.04. The number of hydrogen-bond donors (Lipinski definition) is 1. The number of nitrogens with zero attached hydrogens (tertiary/aromatic N) is 4. The van der Waals surface area contributed by atoms with Crippen molar-refractivity contribution in [3.8, 4) is 11.5 Å². The summed E-state index contributed by atoms with van der Waals surface area (Å²) in [5.74, 6) is 1.76. The predicted molar refractivity (Wildman–Crippen MR) is 105 cm³/mol. The van der Waals surface area contributed by atoms with Crippen LogP contribution in [0.4, 0.5) is 19.1 Å². The lowest BCUT2D eigenvalue weighted by Gasteiger charge is -2.41. The molecule has 1 aromatic carbocycles. The summed E-state index contributed by atoms with van der Waals surface area (Å²) in [7, 11) is 3.23. The van der Waals surface area contributed by atoms with E-state index in [4.69, 9.17) is 9.47 Å². The number of nitrogens with one attached hydrogen (secondary N) is 1. The monoisotopic (exact) mass is 425 g/mol. The molecule has 0 saturated carbocycles. The van der Waals surface area contributed by atoms with Crippen molar-refractivity contribution in [2.75, 3.05) is 32.6 Å². The van der Waals surface area contributed by atoms with Crippen LogP contribution < -0.4 is 14.8 Å². The number of alkyl halides is 3. The third-order valence-corrected chi connectivity index (χ3v) is 6.04. The molecular formula is C20H26F3N5O2. The summed E-state index contributed by atoms with van der Waals surface area (Å²) in [4.78, 5) is 6.27. The number of hydrogen-bond acceptors (Lipinski definition) is 6. The molecule has 3 heterocycles. The Hall–Kier alpha value is -2.49. The van der Waals surface area contributed by atoms with Crippen LogP contribution in [0.15, 0.2) is 24.5 Å². The number of likely N-dealkylation sites (tertiary alicyclic amines) is 1. The first-order valence-electron chi connectivity index (χ1n) is 10.0. The number of piperidine rings is 1. The highest BCUT2D eigenvalue weighted by Crippen LogP contribution is 2.41. The van der Waals surface area contributed by atoms with Gasteiger partial charge in [-0.05, 0) is 37.8 Å². The summed E-state index contributed by atoms with van der Waals surface area (Å²) in [6.07, 6.45) is -1.40. The predicted octanol–water partition coefficient (Wildman–Crippen LogP) is 3.50. The Balaban J connectivity index is 1.47. The first-order chi connectivity index (χ1) is 14.4. The number of halogens is 3. The van der Waals surface area contributed by atoms with Gasteiger partial charge in [0.1, 0.15) is 17.8 Å². The molecule has 2 aliphatic heterocycles. The van der Waals surface area contributed by atoms with Gasteiger partial charge in [0.2, 0.25) is 5.95 Å². The van der Waals surface area contributed by atoms with Crippen LogP contribution >= 0.6 is 0 Å². The molecule has 1 aromatic heterocycles. The normalized spacial score (nSPS) is 24.8. The topological polar surface area (TPSA) is 64.4 Å². The molecule has 1 saturated heterocycles. The van der Waals surface area contributed by atoms with Crippen molar-refractivity contribution < 1.29 is 22.6 Å². The van der Waals surface area contributed by atoms with Gasteiger partial charge in [0, 0.05) is 30.8 Å². The molecule has 2 aliphatic rings. The van der Waals surface area contributed by atoms with Gasteiger partial charge in [-0.3, -0.25) is 4.90 Å². The fourth-order valence-electron chi connectivity index (χ4n) is 4.52. The van der Waals surface area contributed by atoms with Gasteiger partial charge in [-0.1, -0.05) is 6.07 Å². The van der Waals surface area contributed by atoms with E-state index in [9.17, 15) is 13.2 Å². The largest absolute Gasteiger partial charge is 0.497 e. The molecule has 0 unspecified atom stereocenters. The maximum Gasteiger partial charge on any atom is 0.411 e. The zero-order valence-corrected chi connectivity index (χ0v) is 17.0. The molecule has 10 heteroatoms. The van der Waals surface area contributed by atoms with Crippen LogP contribution in [-0.4, -0.2) is 59.2 Å². The molecular weight excluding hydrogens is 399 g/mol. The fourth-order valence-corrected chi connectivity index (χ4v) is 4.52. The van der Waals surface area contributed by atoms with Crippen LogP contribution in [0.5, 0.6) is 11.5 Å². The van der Waals surface area contributed by atoms with Crippen molar-refractivity contribution >= 4 is 5.95 Å². The number of aromatic nitrogens is 3. The van der Waals surface area contributed by atoms with Gasteiger partial charge >= 0.3 is 6.18 Å². The van der Waals surface area contributed by atoms with E-state index in [2.05, 4.69) is 20.3 Å². The van der Waals surface area contributed by atoms with Gasteiger partial charge in [0.05, 0.1) is 14.2 Å². The second kappa shape index (κ2) is 8.33. The van der Waals surface area contributed by atoms with Crippen LogP contribution in [0.2, 0.25) is 0 Å². The Kier molecular flexibility index (Phi) is 5.77. The van der Waals surface area contributed by atoms with Crippen LogP contribution in [0.1, 0.15) is 30.9 Å². The summed E-state index contributed by atoms with van der Waals surface area (Å²) < 4.78 is 52.5. The van der Waals surface area contributed by atoms with E-state index in [1.54, 1.807) is 14.2 Å². The Morgan fingerprint density at radius 2 is 2.07 bits per heavy atom. The molecule has 0 spiro atoms. The average Bonchev–Trinajstić information content (AvgIpc) is 3.21. The Bertz CT molecular complexity index is 872. The minimum atomic E-state index is -4.35. The molecule has 1 fully saturated rings. The SMILES string of the molecule is COc1ccc(CN2CCC[C@@H]([C@@H]3C[C@H](C(F)(F)F)n4ncnc4N3)C2)c(OC)c1. The number of ether oxygens (including phenoxy) is 2. The highest BCUT2D eigenvalue weighted by atomic mass is 19.4. The number of fused-ring (bicyclic) bond motifs is 1. The maximum absolute atomic E-state index is 13.6. The summed E-state index contributed by atoms with van der Waals surface area (Å²) in [5.41, 5.74) is 1.03. The number of methoxy groups -OCH3 is 2. The molecule has 4 rings (SSSR count). The Morgan fingerprint density at radius 3 is 2.80 bits per heavy atom. The van der Waals surface area contributed by atoms with E-state index in [-0.39, 0.29) is 24.3 Å². The zero-order valence-electron chi connectivity index (χ0n) is 17.0. The minimum Gasteiger partial charge on any atom is -0.497 e. The molecule has 3 atom stereocenters. The van der Waals surface area contributed by atoms with E-state index in [1.807, 2.05) is 18.2 Å². The summed E-state index contributed by atoms with van der Waals surface area (Å²) >= 11 is 0. The molecule has 0 radical (unpaired) electrons. The van der Waals surface area contributed by atoms with Crippen LogP contribution in [-0.2, 0) is 6.54 Å². The van der Waals surface area contributed by atoms with Gasteiger partial charge < -0.3 is 14.8 Å². The van der Waals surface area contributed by atoms with Crippen LogP contribution in [0.25, 0.3) is 0 Å². The Morgan fingerprint density at radius 1 is 1.23 bits per heavy atom. The second-order valence-electron chi connectivity index (χ2n) is 7.89. The van der Waals surface area contributed by atoms with Crippen LogP contribution in [0.3, 0.4) is 0 Å². The van der Waals surface area contributed by atoms with E-state index in [0.717, 1.165) is 41.1 Å². The van der Waals surface area contributed by atoms with Gasteiger partial charge in [-0.15, -0.1) is 0 Å². The first kappa shape index (κ1) is 20.8. The highest BCUT2D eigenvalue weighted by molar-refractivity contribution is 5.40. The summed E-state index contributed by atoms with van der Waals surface area (Å²) in [6.45, 7) is 2.29. The van der Waals surface area contributed by atoms with Crippen molar-refractivity contribution in [2.45, 2.75) is 44.1 Å². The molecule has 0 amide bonds. The molecule has 0 bridgehead atoms. The Labute approximate surface area is 173 Å². The lowest BCUT2D eigenvalue weighted by molar-refractivity contribution is -0.174. The van der Waals surface area contributed by atoms with E-state index >= 15 is 0 Å². The fraction of sp³-hybridized carbons (Fsp3) is 0.600. The van der Waals surface area contributed by atoms with Crippen molar-refractivity contribution in [3.05, 3.63) is 30.1 Å². The molecule has 1 N–H and O–H groups in total. The lowest BCUT2D eigenvalue weighted by Crippen LogP contribution is -2.47. The maximum atomic E-state index is 13.6. The zero-order chi connectivity index (χ0) is 21.3. The van der Waals surface area contributed by atoms with Gasteiger partial charge in [-0.2, -0.15) is 23.3 Å². The van der Waals surface area contributed by atoms with Crippen molar-refractivity contribution in [1.82, 2.24) is 19.7 Å². The van der Waals surface area contributed by atoms with Crippen molar-refractivity contribution in [1.29, 1.82) is 0 Å². The molecule has 7 nitrogen and oxygen atoms in total. The van der Waals surface area contributed by atoms with E-state index < -0.39 is 12.2 Å². The van der Waals surface area contributed by atoms with Gasteiger partial charge in [-0.25, -0.2) is 4.68 Å². The summed E-state index contributed by atoms with van der Waals surface area (Å²) in [6, 6.07) is 3.78. The lowest BCUT2D eigenvalue weighted by atomic mass is 9.86. The first-order valence-corrected chi connectivity index (χ1v) is 10.0. The van der Waals surface area contributed by atoms with E-state index in [1.165, 1.54) is 6.33 Å². The highest BCUT2D eigenvalue weighted by Gasteiger charge is 2.48. The number of benzene rings is 1. The molecule has 2 aromatic rings. The number of rotatable bonds is 5. The second-order valence-corrected chi connectivity index (χ2v) is 7.89. The standard InChI is InChI=1S/C20H26F3N5O2/c1-29-15-6-5-14(17(8-15)30-2)11-27-7-3-4-13(10-27)16-9-18(20(21,22)23)28-19(26-16)24-12-25-28/h5-6,8,12-13,16,18H,3-4,7,9-11H2,1-2H3,(H,24,25,26)/t13-,16+,18-/m1/s1. The third kappa shape index (κ3) is 4.19. The van der Waals surface area contributed by atoms with Crippen molar-refractivity contribution in [3.63, 3.8) is 0 Å². The summed E-state index contributed by atoms with van der Waals surface area (Å²) in [5, 5.41) is 6.97. The van der Waals surface area contributed by atoms with E-state index in [0.29, 0.717) is 13.1 Å². The smallest absolute Gasteiger partial charge is 0.411 e. The minimum absolute atomic E-state index is 0.0375. The average molecular weight is 425 g/mol. The molecule has 30 heavy (non-hydrogen) atoms. The molecule has 164 valence electrons.